The molecule has 2 N–H and O–H groups in total. The van der Waals surface area contributed by atoms with Gasteiger partial charge in [0.25, 0.3) is 0 Å². The number of amides is 1. The van der Waals surface area contributed by atoms with E-state index in [1.165, 1.54) is 19.3 Å². The van der Waals surface area contributed by atoms with Gasteiger partial charge < -0.3 is 10.6 Å². The summed E-state index contributed by atoms with van der Waals surface area (Å²) in [6, 6.07) is 0.0569. The van der Waals surface area contributed by atoms with Crippen molar-refractivity contribution in [1.29, 1.82) is 0 Å². The van der Waals surface area contributed by atoms with Crippen LogP contribution in [0.3, 0.4) is 0 Å². The monoisotopic (exact) mass is 226 g/mol. The highest BCUT2D eigenvalue weighted by atomic mass is 16.2. The molecule has 0 bridgehead atoms. The van der Waals surface area contributed by atoms with Gasteiger partial charge in [-0.3, -0.25) is 4.79 Å². The van der Waals surface area contributed by atoms with Gasteiger partial charge in [0.2, 0.25) is 5.91 Å². The molecular weight excluding hydrogens is 200 g/mol. The first kappa shape index (κ1) is 13.5. The molecular formula is C13H26N2O. The molecule has 0 aromatic heterocycles. The SMILES string of the molecule is CCCC(N)CC(=O)N1CCC(CC)CC1. The summed E-state index contributed by atoms with van der Waals surface area (Å²) < 4.78 is 0. The Morgan fingerprint density at radius 3 is 2.50 bits per heavy atom. The Hall–Kier alpha value is -0.570. The second-order valence-electron chi connectivity index (χ2n) is 4.99. The van der Waals surface area contributed by atoms with Crippen molar-refractivity contribution in [2.45, 2.75) is 58.4 Å². The van der Waals surface area contributed by atoms with Crippen molar-refractivity contribution in [2.75, 3.05) is 13.1 Å². The first-order valence-electron chi connectivity index (χ1n) is 6.70. The molecule has 1 atom stereocenters. The number of piperidine rings is 1. The number of hydrogen-bond donors (Lipinski definition) is 1. The predicted molar refractivity (Wildman–Crippen MR) is 67.1 cm³/mol. The summed E-state index contributed by atoms with van der Waals surface area (Å²) in [5.41, 5.74) is 5.90. The number of carbonyl (C=O) groups is 1. The van der Waals surface area contributed by atoms with Crippen molar-refractivity contribution in [3.05, 3.63) is 0 Å². The van der Waals surface area contributed by atoms with Gasteiger partial charge in [-0.15, -0.1) is 0 Å². The molecule has 1 saturated heterocycles. The van der Waals surface area contributed by atoms with Crippen LogP contribution < -0.4 is 5.73 Å². The van der Waals surface area contributed by atoms with Crippen molar-refractivity contribution >= 4 is 5.91 Å². The van der Waals surface area contributed by atoms with Crippen LogP contribution in [0.1, 0.15) is 52.4 Å². The smallest absolute Gasteiger partial charge is 0.224 e. The maximum absolute atomic E-state index is 11.9. The lowest BCUT2D eigenvalue weighted by Gasteiger charge is -2.32. The van der Waals surface area contributed by atoms with Crippen LogP contribution in [0.5, 0.6) is 0 Å². The van der Waals surface area contributed by atoms with E-state index >= 15 is 0 Å². The molecule has 3 nitrogen and oxygen atoms in total. The predicted octanol–water partition coefficient (Wildman–Crippen LogP) is 2.15. The highest BCUT2D eigenvalue weighted by Gasteiger charge is 2.22. The Labute approximate surface area is 99.4 Å². The highest BCUT2D eigenvalue weighted by Crippen LogP contribution is 2.20. The lowest BCUT2D eigenvalue weighted by atomic mass is 9.94. The standard InChI is InChI=1S/C13H26N2O/c1-3-5-12(14)10-13(16)15-8-6-11(4-2)7-9-15/h11-12H,3-10,14H2,1-2H3. The molecule has 0 saturated carbocycles. The van der Waals surface area contributed by atoms with Crippen LogP contribution in [-0.2, 0) is 4.79 Å². The quantitative estimate of drug-likeness (QED) is 0.781. The van der Waals surface area contributed by atoms with E-state index in [9.17, 15) is 4.79 Å². The number of likely N-dealkylation sites (tertiary alicyclic amines) is 1. The minimum atomic E-state index is 0.0569. The van der Waals surface area contributed by atoms with E-state index in [-0.39, 0.29) is 11.9 Å². The molecule has 0 aliphatic carbocycles. The van der Waals surface area contributed by atoms with E-state index in [1.54, 1.807) is 0 Å². The van der Waals surface area contributed by atoms with E-state index in [1.807, 2.05) is 4.90 Å². The molecule has 16 heavy (non-hydrogen) atoms. The van der Waals surface area contributed by atoms with Gasteiger partial charge in [0, 0.05) is 25.6 Å². The summed E-state index contributed by atoms with van der Waals surface area (Å²) >= 11 is 0. The van der Waals surface area contributed by atoms with Gasteiger partial charge in [-0.05, 0) is 25.2 Å². The molecule has 1 rings (SSSR count). The average Bonchev–Trinajstić information content (AvgIpc) is 2.29. The molecule has 0 aromatic carbocycles. The second-order valence-corrected chi connectivity index (χ2v) is 4.99. The zero-order valence-electron chi connectivity index (χ0n) is 10.7. The first-order valence-corrected chi connectivity index (χ1v) is 6.70. The van der Waals surface area contributed by atoms with Crippen molar-refractivity contribution in [3.8, 4) is 0 Å². The van der Waals surface area contributed by atoms with Crippen LogP contribution in [-0.4, -0.2) is 29.9 Å². The first-order chi connectivity index (χ1) is 7.67. The van der Waals surface area contributed by atoms with E-state index in [0.717, 1.165) is 31.8 Å². The molecule has 0 aromatic rings. The zero-order chi connectivity index (χ0) is 12.0. The van der Waals surface area contributed by atoms with Crippen LogP contribution in [0.2, 0.25) is 0 Å². The molecule has 0 spiro atoms. The van der Waals surface area contributed by atoms with Gasteiger partial charge in [-0.2, -0.15) is 0 Å². The Balaban J connectivity index is 2.27. The van der Waals surface area contributed by atoms with Crippen LogP contribution in [0.4, 0.5) is 0 Å². The van der Waals surface area contributed by atoms with Crippen molar-refractivity contribution in [2.24, 2.45) is 11.7 Å². The van der Waals surface area contributed by atoms with Gasteiger partial charge in [-0.1, -0.05) is 26.7 Å². The van der Waals surface area contributed by atoms with Gasteiger partial charge in [0.1, 0.15) is 0 Å². The summed E-state index contributed by atoms with van der Waals surface area (Å²) in [4.78, 5) is 13.9. The fraction of sp³-hybridized carbons (Fsp3) is 0.923. The van der Waals surface area contributed by atoms with Crippen molar-refractivity contribution in [3.63, 3.8) is 0 Å². The molecule has 3 heteroatoms. The number of rotatable bonds is 5. The zero-order valence-corrected chi connectivity index (χ0v) is 10.7. The Morgan fingerprint density at radius 2 is 2.00 bits per heavy atom. The van der Waals surface area contributed by atoms with Crippen molar-refractivity contribution < 1.29 is 4.79 Å². The molecule has 1 heterocycles. The van der Waals surface area contributed by atoms with E-state index in [4.69, 9.17) is 5.73 Å². The Morgan fingerprint density at radius 1 is 1.38 bits per heavy atom. The molecule has 94 valence electrons. The lowest BCUT2D eigenvalue weighted by molar-refractivity contribution is -0.133. The van der Waals surface area contributed by atoms with E-state index < -0.39 is 0 Å². The molecule has 1 amide bonds. The van der Waals surface area contributed by atoms with Gasteiger partial charge in [0.15, 0.2) is 0 Å². The molecule has 1 aliphatic rings. The second kappa shape index (κ2) is 6.89. The third-order valence-electron chi connectivity index (χ3n) is 3.64. The van der Waals surface area contributed by atoms with Gasteiger partial charge in [0.05, 0.1) is 0 Å². The maximum atomic E-state index is 11.9. The topological polar surface area (TPSA) is 46.3 Å². The average molecular weight is 226 g/mol. The van der Waals surface area contributed by atoms with Crippen LogP contribution in [0.25, 0.3) is 0 Å². The lowest BCUT2D eigenvalue weighted by Crippen LogP contribution is -2.40. The molecule has 1 fully saturated rings. The molecule has 1 aliphatic heterocycles. The molecule has 0 radical (unpaired) electrons. The number of nitrogens with zero attached hydrogens (tertiary/aromatic N) is 1. The molecule has 1 unspecified atom stereocenters. The van der Waals surface area contributed by atoms with Gasteiger partial charge >= 0.3 is 0 Å². The number of nitrogens with two attached hydrogens (primary N) is 1. The summed E-state index contributed by atoms with van der Waals surface area (Å²) in [6.45, 7) is 6.22. The minimum Gasteiger partial charge on any atom is -0.343 e. The summed E-state index contributed by atoms with van der Waals surface area (Å²) in [6.07, 6.45) is 6.14. The van der Waals surface area contributed by atoms with E-state index in [0.29, 0.717) is 6.42 Å². The minimum absolute atomic E-state index is 0.0569. The maximum Gasteiger partial charge on any atom is 0.224 e. The third kappa shape index (κ3) is 4.12. The number of hydrogen-bond acceptors (Lipinski definition) is 2. The largest absolute Gasteiger partial charge is 0.343 e. The third-order valence-corrected chi connectivity index (χ3v) is 3.64. The summed E-state index contributed by atoms with van der Waals surface area (Å²) in [5.74, 6) is 1.09. The summed E-state index contributed by atoms with van der Waals surface area (Å²) in [7, 11) is 0. The Kier molecular flexibility index (Phi) is 5.81. The summed E-state index contributed by atoms with van der Waals surface area (Å²) in [5, 5.41) is 0. The normalized spacial score (nSPS) is 19.8. The number of carbonyl (C=O) groups excluding carboxylic acids is 1. The fourth-order valence-corrected chi connectivity index (χ4v) is 2.42. The fourth-order valence-electron chi connectivity index (χ4n) is 2.42. The van der Waals surface area contributed by atoms with Crippen LogP contribution >= 0.6 is 0 Å². The van der Waals surface area contributed by atoms with Crippen LogP contribution in [0.15, 0.2) is 0 Å². The van der Waals surface area contributed by atoms with Gasteiger partial charge in [-0.25, -0.2) is 0 Å². The van der Waals surface area contributed by atoms with Crippen LogP contribution in [0, 0.1) is 5.92 Å². The van der Waals surface area contributed by atoms with Crippen molar-refractivity contribution in [1.82, 2.24) is 4.90 Å². The Bertz CT molecular complexity index is 210. The van der Waals surface area contributed by atoms with E-state index in [2.05, 4.69) is 13.8 Å². The highest BCUT2D eigenvalue weighted by molar-refractivity contribution is 5.76.